The van der Waals surface area contributed by atoms with Crippen LogP contribution in [-0.4, -0.2) is 16.7 Å². The molecule has 1 aromatic heterocycles. The van der Waals surface area contributed by atoms with Gasteiger partial charge in [0.1, 0.15) is 5.01 Å². The second kappa shape index (κ2) is 4.82. The van der Waals surface area contributed by atoms with Crippen molar-refractivity contribution in [3.05, 3.63) is 39.7 Å². The highest BCUT2D eigenvalue weighted by Crippen LogP contribution is 2.33. The van der Waals surface area contributed by atoms with Crippen molar-refractivity contribution in [2.45, 2.75) is 33.1 Å². The monoisotopic (exact) mass is 261 g/mol. The summed E-state index contributed by atoms with van der Waals surface area (Å²) in [6, 6.07) is 8.41. The summed E-state index contributed by atoms with van der Waals surface area (Å²) in [6.07, 6.45) is 0. The van der Waals surface area contributed by atoms with Crippen LogP contribution in [0.15, 0.2) is 24.3 Å². The summed E-state index contributed by atoms with van der Waals surface area (Å²) < 4.78 is 0. The lowest BCUT2D eigenvalue weighted by Gasteiger charge is -2.17. The molecule has 1 aromatic carbocycles. The van der Waals surface area contributed by atoms with Gasteiger partial charge in [-0.25, -0.2) is 4.98 Å². The lowest BCUT2D eigenvalue weighted by atomic mass is 9.96. The number of aliphatic hydroxyl groups is 1. The van der Waals surface area contributed by atoms with Crippen LogP contribution in [0.5, 0.6) is 0 Å². The SMILES string of the molecule is Cc1ccc(-c2nc(C(C)(C)CO)sc2C)cc1. The van der Waals surface area contributed by atoms with Gasteiger partial charge in [-0.3, -0.25) is 0 Å². The Hall–Kier alpha value is -1.19. The average Bonchev–Trinajstić information content (AvgIpc) is 2.73. The number of hydrogen-bond donors (Lipinski definition) is 1. The van der Waals surface area contributed by atoms with Crippen molar-refractivity contribution >= 4 is 11.3 Å². The van der Waals surface area contributed by atoms with Crippen molar-refractivity contribution in [3.63, 3.8) is 0 Å². The maximum atomic E-state index is 9.42. The summed E-state index contributed by atoms with van der Waals surface area (Å²) in [5, 5.41) is 10.4. The number of rotatable bonds is 3. The standard InChI is InChI=1S/C15H19NOS/c1-10-5-7-12(8-6-10)13-11(2)18-14(16-13)15(3,4)9-17/h5-8,17H,9H2,1-4H3. The van der Waals surface area contributed by atoms with Gasteiger partial charge in [0.25, 0.3) is 0 Å². The van der Waals surface area contributed by atoms with E-state index in [1.165, 1.54) is 10.4 Å². The minimum absolute atomic E-state index is 0.118. The van der Waals surface area contributed by atoms with Gasteiger partial charge in [-0.2, -0.15) is 0 Å². The average molecular weight is 261 g/mol. The number of nitrogens with zero attached hydrogens (tertiary/aromatic N) is 1. The smallest absolute Gasteiger partial charge is 0.101 e. The Morgan fingerprint density at radius 2 is 1.78 bits per heavy atom. The summed E-state index contributed by atoms with van der Waals surface area (Å²) in [5.74, 6) is 0. The van der Waals surface area contributed by atoms with Crippen LogP contribution in [0.25, 0.3) is 11.3 Å². The lowest BCUT2D eigenvalue weighted by Crippen LogP contribution is -2.21. The first-order valence-electron chi connectivity index (χ1n) is 6.10. The normalized spacial score (nSPS) is 11.8. The van der Waals surface area contributed by atoms with E-state index in [9.17, 15) is 5.11 Å². The van der Waals surface area contributed by atoms with Crippen molar-refractivity contribution in [3.8, 4) is 11.3 Å². The van der Waals surface area contributed by atoms with Crippen LogP contribution >= 0.6 is 11.3 Å². The van der Waals surface area contributed by atoms with Gasteiger partial charge in [0.15, 0.2) is 0 Å². The summed E-state index contributed by atoms with van der Waals surface area (Å²) in [5.41, 5.74) is 3.17. The Morgan fingerprint density at radius 3 is 2.33 bits per heavy atom. The third-order valence-corrected chi connectivity index (χ3v) is 4.43. The van der Waals surface area contributed by atoms with E-state index in [-0.39, 0.29) is 12.0 Å². The molecule has 0 atom stereocenters. The molecular weight excluding hydrogens is 242 g/mol. The quantitative estimate of drug-likeness (QED) is 0.914. The van der Waals surface area contributed by atoms with Crippen molar-refractivity contribution in [2.24, 2.45) is 0 Å². The van der Waals surface area contributed by atoms with Gasteiger partial charge >= 0.3 is 0 Å². The Morgan fingerprint density at radius 1 is 1.17 bits per heavy atom. The van der Waals surface area contributed by atoms with E-state index >= 15 is 0 Å². The van der Waals surface area contributed by atoms with E-state index in [1.807, 2.05) is 13.8 Å². The molecule has 1 heterocycles. The molecule has 0 aliphatic heterocycles. The molecule has 18 heavy (non-hydrogen) atoms. The molecule has 0 amide bonds. The predicted molar refractivity (Wildman–Crippen MR) is 77.1 cm³/mol. The van der Waals surface area contributed by atoms with Gasteiger partial charge in [-0.15, -0.1) is 11.3 Å². The topological polar surface area (TPSA) is 33.1 Å². The van der Waals surface area contributed by atoms with Crippen LogP contribution in [0.3, 0.4) is 0 Å². The van der Waals surface area contributed by atoms with Crippen LogP contribution in [0.2, 0.25) is 0 Å². The largest absolute Gasteiger partial charge is 0.395 e. The second-order valence-electron chi connectivity index (χ2n) is 5.33. The first-order valence-corrected chi connectivity index (χ1v) is 6.91. The molecule has 0 unspecified atom stereocenters. The molecule has 1 N–H and O–H groups in total. The van der Waals surface area contributed by atoms with Crippen LogP contribution in [-0.2, 0) is 5.41 Å². The molecule has 0 saturated heterocycles. The fourth-order valence-corrected chi connectivity index (χ4v) is 2.76. The van der Waals surface area contributed by atoms with Crippen molar-refractivity contribution in [1.82, 2.24) is 4.98 Å². The van der Waals surface area contributed by atoms with Gasteiger partial charge in [0.05, 0.1) is 12.3 Å². The fourth-order valence-electron chi connectivity index (χ4n) is 1.73. The highest BCUT2D eigenvalue weighted by molar-refractivity contribution is 7.12. The Bertz CT molecular complexity index is 540. The van der Waals surface area contributed by atoms with Crippen LogP contribution in [0, 0.1) is 13.8 Å². The molecule has 2 aromatic rings. The van der Waals surface area contributed by atoms with Gasteiger partial charge in [0.2, 0.25) is 0 Å². The van der Waals surface area contributed by atoms with E-state index in [2.05, 4.69) is 38.1 Å². The minimum Gasteiger partial charge on any atom is -0.395 e. The number of hydrogen-bond acceptors (Lipinski definition) is 3. The van der Waals surface area contributed by atoms with E-state index in [0.717, 1.165) is 16.3 Å². The van der Waals surface area contributed by atoms with E-state index in [1.54, 1.807) is 11.3 Å². The molecule has 0 aliphatic carbocycles. The molecule has 0 aliphatic rings. The highest BCUT2D eigenvalue weighted by atomic mass is 32.1. The highest BCUT2D eigenvalue weighted by Gasteiger charge is 2.25. The molecule has 2 nitrogen and oxygen atoms in total. The van der Waals surface area contributed by atoms with Crippen molar-refractivity contribution in [2.75, 3.05) is 6.61 Å². The summed E-state index contributed by atoms with van der Waals surface area (Å²) >= 11 is 1.67. The molecule has 0 spiro atoms. The summed E-state index contributed by atoms with van der Waals surface area (Å²) in [4.78, 5) is 5.91. The third kappa shape index (κ3) is 2.47. The van der Waals surface area contributed by atoms with Gasteiger partial charge in [-0.05, 0) is 13.8 Å². The molecule has 0 radical (unpaired) electrons. The predicted octanol–water partition coefficient (Wildman–Crippen LogP) is 3.70. The van der Waals surface area contributed by atoms with Gasteiger partial charge in [-0.1, -0.05) is 43.7 Å². The zero-order valence-electron chi connectivity index (χ0n) is 11.3. The molecule has 96 valence electrons. The second-order valence-corrected chi connectivity index (χ2v) is 6.54. The van der Waals surface area contributed by atoms with Crippen molar-refractivity contribution in [1.29, 1.82) is 0 Å². The first-order chi connectivity index (χ1) is 8.44. The molecule has 3 heteroatoms. The minimum atomic E-state index is -0.266. The number of benzene rings is 1. The van der Waals surface area contributed by atoms with Crippen LogP contribution < -0.4 is 0 Å². The lowest BCUT2D eigenvalue weighted by molar-refractivity contribution is 0.218. The molecule has 0 fully saturated rings. The number of aromatic nitrogens is 1. The zero-order chi connectivity index (χ0) is 13.3. The maximum absolute atomic E-state index is 9.42. The number of aryl methyl sites for hydroxylation is 2. The first kappa shape index (κ1) is 13.2. The molecule has 0 saturated carbocycles. The third-order valence-electron chi connectivity index (χ3n) is 3.10. The van der Waals surface area contributed by atoms with E-state index < -0.39 is 0 Å². The van der Waals surface area contributed by atoms with Crippen LogP contribution in [0.1, 0.15) is 29.3 Å². The summed E-state index contributed by atoms with van der Waals surface area (Å²) in [7, 11) is 0. The van der Waals surface area contributed by atoms with E-state index in [0.29, 0.717) is 0 Å². The van der Waals surface area contributed by atoms with E-state index in [4.69, 9.17) is 4.98 Å². The maximum Gasteiger partial charge on any atom is 0.101 e. The fraction of sp³-hybridized carbons (Fsp3) is 0.400. The number of aliphatic hydroxyl groups excluding tert-OH is 1. The zero-order valence-corrected chi connectivity index (χ0v) is 12.1. The van der Waals surface area contributed by atoms with Gasteiger partial charge < -0.3 is 5.11 Å². The molecular formula is C15H19NOS. The van der Waals surface area contributed by atoms with Crippen LogP contribution in [0.4, 0.5) is 0 Å². The summed E-state index contributed by atoms with van der Waals surface area (Å²) in [6.45, 7) is 8.32. The van der Waals surface area contributed by atoms with Gasteiger partial charge in [0, 0.05) is 15.9 Å². The molecule has 2 rings (SSSR count). The Balaban J connectivity index is 2.44. The Labute approximate surface area is 112 Å². The van der Waals surface area contributed by atoms with Crippen molar-refractivity contribution < 1.29 is 5.11 Å². The molecule has 0 bridgehead atoms. The Kier molecular flexibility index (Phi) is 3.55. The number of thiazole rings is 1.